The van der Waals surface area contributed by atoms with Gasteiger partial charge in [-0.15, -0.1) is 0 Å². The monoisotopic (exact) mass is 248 g/mol. The molecule has 3 rings (SSSR count). The van der Waals surface area contributed by atoms with Crippen LogP contribution >= 0.6 is 0 Å². The Morgan fingerprint density at radius 1 is 0.895 bits per heavy atom. The molecule has 2 aromatic carbocycles. The standard InChI is InChI=1S/C17H16N2/c1-2-5-13-11-18-17(19-12-13)16-9-8-14-6-3-4-7-15(14)10-16/h3-4,6-12H,2,5H2,1H3. The summed E-state index contributed by atoms with van der Waals surface area (Å²) in [6, 6.07) is 14.7. The van der Waals surface area contributed by atoms with E-state index in [1.54, 1.807) is 0 Å². The predicted molar refractivity (Wildman–Crippen MR) is 79.0 cm³/mol. The van der Waals surface area contributed by atoms with E-state index in [1.807, 2.05) is 12.4 Å². The molecule has 0 spiro atoms. The lowest BCUT2D eigenvalue weighted by Gasteiger charge is -2.04. The predicted octanol–water partition coefficient (Wildman–Crippen LogP) is 4.25. The molecule has 0 aliphatic rings. The van der Waals surface area contributed by atoms with E-state index in [1.165, 1.54) is 16.3 Å². The van der Waals surface area contributed by atoms with Crippen LogP contribution in [0.25, 0.3) is 22.2 Å². The number of aryl methyl sites for hydroxylation is 1. The molecule has 0 radical (unpaired) electrons. The number of aromatic nitrogens is 2. The molecular weight excluding hydrogens is 232 g/mol. The number of fused-ring (bicyclic) bond motifs is 1. The van der Waals surface area contributed by atoms with Gasteiger partial charge in [0.25, 0.3) is 0 Å². The van der Waals surface area contributed by atoms with Gasteiger partial charge in [0.1, 0.15) is 0 Å². The van der Waals surface area contributed by atoms with Crippen LogP contribution in [0.15, 0.2) is 54.9 Å². The van der Waals surface area contributed by atoms with Gasteiger partial charge in [-0.2, -0.15) is 0 Å². The number of nitrogens with zero attached hydrogens (tertiary/aromatic N) is 2. The van der Waals surface area contributed by atoms with Gasteiger partial charge in [0.05, 0.1) is 0 Å². The molecule has 2 heteroatoms. The summed E-state index contributed by atoms with van der Waals surface area (Å²) in [6.45, 7) is 2.16. The van der Waals surface area contributed by atoms with E-state index in [0.717, 1.165) is 24.2 Å². The summed E-state index contributed by atoms with van der Waals surface area (Å²) < 4.78 is 0. The summed E-state index contributed by atoms with van der Waals surface area (Å²) in [6.07, 6.45) is 6.03. The smallest absolute Gasteiger partial charge is 0.159 e. The van der Waals surface area contributed by atoms with E-state index >= 15 is 0 Å². The van der Waals surface area contributed by atoms with Crippen molar-refractivity contribution in [2.24, 2.45) is 0 Å². The Labute approximate surface area is 113 Å². The molecule has 0 aliphatic carbocycles. The second-order valence-electron chi connectivity index (χ2n) is 4.73. The number of benzene rings is 2. The molecule has 0 aliphatic heterocycles. The highest BCUT2D eigenvalue weighted by molar-refractivity contribution is 5.86. The third kappa shape index (κ3) is 2.48. The summed E-state index contributed by atoms with van der Waals surface area (Å²) in [5.74, 6) is 0.797. The van der Waals surface area contributed by atoms with E-state index in [2.05, 4.69) is 59.4 Å². The van der Waals surface area contributed by atoms with Crippen molar-refractivity contribution in [2.45, 2.75) is 19.8 Å². The summed E-state index contributed by atoms with van der Waals surface area (Å²) in [5.41, 5.74) is 2.27. The van der Waals surface area contributed by atoms with Gasteiger partial charge < -0.3 is 0 Å². The summed E-state index contributed by atoms with van der Waals surface area (Å²) in [7, 11) is 0. The van der Waals surface area contributed by atoms with Gasteiger partial charge in [0, 0.05) is 18.0 Å². The zero-order valence-corrected chi connectivity index (χ0v) is 11.0. The second kappa shape index (κ2) is 5.19. The van der Waals surface area contributed by atoms with Crippen molar-refractivity contribution < 1.29 is 0 Å². The fourth-order valence-corrected chi connectivity index (χ4v) is 2.25. The number of hydrogen-bond acceptors (Lipinski definition) is 2. The van der Waals surface area contributed by atoms with Gasteiger partial charge in [-0.05, 0) is 28.8 Å². The first kappa shape index (κ1) is 11.8. The normalized spacial score (nSPS) is 10.8. The van der Waals surface area contributed by atoms with Crippen molar-refractivity contribution in [3.05, 3.63) is 60.4 Å². The lowest BCUT2D eigenvalue weighted by molar-refractivity contribution is 0.902. The second-order valence-corrected chi connectivity index (χ2v) is 4.73. The van der Waals surface area contributed by atoms with Gasteiger partial charge >= 0.3 is 0 Å². The first-order chi connectivity index (χ1) is 9.36. The molecule has 0 saturated carbocycles. The van der Waals surface area contributed by atoms with Crippen LogP contribution in [-0.4, -0.2) is 9.97 Å². The Morgan fingerprint density at radius 3 is 2.37 bits per heavy atom. The van der Waals surface area contributed by atoms with Crippen LogP contribution < -0.4 is 0 Å². The van der Waals surface area contributed by atoms with Crippen LogP contribution in [0.4, 0.5) is 0 Å². The lowest BCUT2D eigenvalue weighted by atomic mass is 10.1. The maximum atomic E-state index is 4.46. The van der Waals surface area contributed by atoms with Crippen molar-refractivity contribution >= 4 is 10.8 Å². The van der Waals surface area contributed by atoms with Crippen molar-refractivity contribution in [2.75, 3.05) is 0 Å². The lowest BCUT2D eigenvalue weighted by Crippen LogP contribution is -1.92. The van der Waals surface area contributed by atoms with E-state index in [0.29, 0.717) is 0 Å². The molecule has 0 bridgehead atoms. The topological polar surface area (TPSA) is 25.8 Å². The van der Waals surface area contributed by atoms with Crippen LogP contribution in [0.2, 0.25) is 0 Å². The largest absolute Gasteiger partial charge is 0.236 e. The maximum Gasteiger partial charge on any atom is 0.159 e. The summed E-state index contributed by atoms with van der Waals surface area (Å²) in [5, 5.41) is 2.47. The molecule has 19 heavy (non-hydrogen) atoms. The zero-order chi connectivity index (χ0) is 13.1. The molecule has 0 saturated heterocycles. The first-order valence-corrected chi connectivity index (χ1v) is 6.67. The van der Waals surface area contributed by atoms with Crippen molar-refractivity contribution in [3.63, 3.8) is 0 Å². The molecule has 3 aromatic rings. The van der Waals surface area contributed by atoms with Gasteiger partial charge in [-0.1, -0.05) is 49.7 Å². The number of rotatable bonds is 3. The summed E-state index contributed by atoms with van der Waals surface area (Å²) >= 11 is 0. The van der Waals surface area contributed by atoms with Crippen LogP contribution in [0, 0.1) is 0 Å². The van der Waals surface area contributed by atoms with Gasteiger partial charge in [-0.3, -0.25) is 0 Å². The van der Waals surface area contributed by atoms with E-state index in [9.17, 15) is 0 Å². The van der Waals surface area contributed by atoms with E-state index in [-0.39, 0.29) is 0 Å². The molecule has 1 aromatic heterocycles. The molecular formula is C17H16N2. The molecule has 2 nitrogen and oxygen atoms in total. The Bertz CT molecular complexity index is 687. The minimum atomic E-state index is 0.797. The van der Waals surface area contributed by atoms with E-state index in [4.69, 9.17) is 0 Å². The van der Waals surface area contributed by atoms with Crippen LogP contribution in [0.5, 0.6) is 0 Å². The Hall–Kier alpha value is -2.22. The van der Waals surface area contributed by atoms with Gasteiger partial charge in [0.2, 0.25) is 0 Å². The zero-order valence-electron chi connectivity index (χ0n) is 11.0. The Kier molecular flexibility index (Phi) is 3.23. The molecule has 1 heterocycles. The third-order valence-electron chi connectivity index (χ3n) is 3.25. The third-order valence-corrected chi connectivity index (χ3v) is 3.25. The molecule has 0 unspecified atom stereocenters. The molecule has 0 amide bonds. The first-order valence-electron chi connectivity index (χ1n) is 6.67. The minimum Gasteiger partial charge on any atom is -0.236 e. The highest BCUT2D eigenvalue weighted by Gasteiger charge is 2.02. The highest BCUT2D eigenvalue weighted by atomic mass is 14.9. The molecule has 94 valence electrons. The Morgan fingerprint density at radius 2 is 1.63 bits per heavy atom. The minimum absolute atomic E-state index is 0.797. The van der Waals surface area contributed by atoms with Crippen LogP contribution in [0.3, 0.4) is 0 Å². The quantitative estimate of drug-likeness (QED) is 0.692. The average Bonchev–Trinajstić information content (AvgIpc) is 2.48. The summed E-state index contributed by atoms with van der Waals surface area (Å²) in [4.78, 5) is 8.93. The average molecular weight is 248 g/mol. The SMILES string of the molecule is CCCc1cnc(-c2ccc3ccccc3c2)nc1. The van der Waals surface area contributed by atoms with Crippen molar-refractivity contribution in [1.82, 2.24) is 9.97 Å². The number of hydrogen-bond donors (Lipinski definition) is 0. The van der Waals surface area contributed by atoms with Crippen molar-refractivity contribution in [1.29, 1.82) is 0 Å². The van der Waals surface area contributed by atoms with Gasteiger partial charge in [-0.25, -0.2) is 9.97 Å². The van der Waals surface area contributed by atoms with Crippen molar-refractivity contribution in [3.8, 4) is 11.4 Å². The van der Waals surface area contributed by atoms with E-state index < -0.39 is 0 Å². The maximum absolute atomic E-state index is 4.46. The van der Waals surface area contributed by atoms with Crippen LogP contribution in [0.1, 0.15) is 18.9 Å². The fraction of sp³-hybridized carbons (Fsp3) is 0.176. The molecule has 0 atom stereocenters. The van der Waals surface area contributed by atoms with Crippen LogP contribution in [-0.2, 0) is 6.42 Å². The fourth-order valence-electron chi connectivity index (χ4n) is 2.25. The highest BCUT2D eigenvalue weighted by Crippen LogP contribution is 2.21. The Balaban J connectivity index is 1.99. The molecule has 0 fully saturated rings. The van der Waals surface area contributed by atoms with Gasteiger partial charge in [0.15, 0.2) is 5.82 Å². The molecule has 0 N–H and O–H groups in total.